The molecule has 1 amide bonds. The maximum atomic E-state index is 12.3. The van der Waals surface area contributed by atoms with Crippen molar-refractivity contribution in [1.29, 1.82) is 0 Å². The molecular formula is C25H21BrN6O4S. The molecule has 0 aliphatic rings. The van der Waals surface area contributed by atoms with E-state index < -0.39 is 4.92 Å². The molecule has 1 heterocycles. The van der Waals surface area contributed by atoms with Crippen molar-refractivity contribution < 1.29 is 14.5 Å². The van der Waals surface area contributed by atoms with E-state index in [1.807, 2.05) is 48.0 Å². The number of non-ortho nitro benzene ring substituents is 1. The number of benzene rings is 3. The molecule has 0 aliphatic carbocycles. The number of thioether (sulfide) groups is 1. The number of aromatic nitrogens is 3. The second-order valence-electron chi connectivity index (χ2n) is 7.70. The van der Waals surface area contributed by atoms with E-state index in [2.05, 4.69) is 36.7 Å². The van der Waals surface area contributed by atoms with E-state index in [9.17, 15) is 14.9 Å². The molecule has 4 rings (SSSR count). The molecule has 188 valence electrons. The fourth-order valence-electron chi connectivity index (χ4n) is 3.22. The zero-order valence-corrected chi connectivity index (χ0v) is 22.0. The first kappa shape index (κ1) is 26.0. The minimum Gasteiger partial charge on any atom is -0.488 e. The van der Waals surface area contributed by atoms with Gasteiger partial charge in [0.2, 0.25) is 0 Å². The van der Waals surface area contributed by atoms with Gasteiger partial charge >= 0.3 is 0 Å². The fourth-order valence-corrected chi connectivity index (χ4v) is 4.19. The molecule has 10 nitrogen and oxygen atoms in total. The van der Waals surface area contributed by atoms with Crippen molar-refractivity contribution in [1.82, 2.24) is 20.2 Å². The average Bonchev–Trinajstić information content (AvgIpc) is 3.27. The highest BCUT2D eigenvalue weighted by Crippen LogP contribution is 2.24. The number of hydrazone groups is 1. The van der Waals surface area contributed by atoms with Gasteiger partial charge in [0.25, 0.3) is 11.6 Å². The van der Waals surface area contributed by atoms with Crippen molar-refractivity contribution in [3.8, 4) is 17.1 Å². The van der Waals surface area contributed by atoms with Gasteiger partial charge < -0.3 is 9.30 Å². The summed E-state index contributed by atoms with van der Waals surface area (Å²) in [6.45, 7) is 0.228. The molecular weight excluding hydrogens is 560 g/mol. The van der Waals surface area contributed by atoms with Crippen molar-refractivity contribution >= 4 is 45.5 Å². The Kier molecular flexibility index (Phi) is 8.64. The van der Waals surface area contributed by atoms with Gasteiger partial charge in [-0.25, -0.2) is 5.43 Å². The maximum Gasteiger partial charge on any atom is 0.269 e. The van der Waals surface area contributed by atoms with Crippen LogP contribution in [0.25, 0.3) is 11.4 Å². The van der Waals surface area contributed by atoms with E-state index >= 15 is 0 Å². The number of para-hydroxylation sites is 1. The summed E-state index contributed by atoms with van der Waals surface area (Å²) in [6, 6.07) is 21.1. The van der Waals surface area contributed by atoms with Crippen molar-refractivity contribution in [3.05, 3.63) is 98.5 Å². The van der Waals surface area contributed by atoms with E-state index in [4.69, 9.17) is 4.74 Å². The summed E-state index contributed by atoms with van der Waals surface area (Å²) >= 11 is 4.68. The zero-order valence-electron chi connectivity index (χ0n) is 19.6. The van der Waals surface area contributed by atoms with E-state index in [1.54, 1.807) is 24.3 Å². The number of amides is 1. The Morgan fingerprint density at radius 2 is 1.86 bits per heavy atom. The smallest absolute Gasteiger partial charge is 0.269 e. The molecule has 0 saturated carbocycles. The summed E-state index contributed by atoms with van der Waals surface area (Å²) in [4.78, 5) is 22.7. The van der Waals surface area contributed by atoms with Gasteiger partial charge in [0, 0.05) is 34.8 Å². The minimum atomic E-state index is -0.447. The van der Waals surface area contributed by atoms with Gasteiger partial charge in [-0.3, -0.25) is 14.9 Å². The first-order chi connectivity index (χ1) is 17.9. The van der Waals surface area contributed by atoms with E-state index in [1.165, 1.54) is 30.1 Å². The third-order valence-electron chi connectivity index (χ3n) is 5.12. The third kappa shape index (κ3) is 7.02. The molecule has 0 atom stereocenters. The number of hydrogen-bond acceptors (Lipinski definition) is 8. The van der Waals surface area contributed by atoms with Gasteiger partial charge in [-0.05, 0) is 42.0 Å². The van der Waals surface area contributed by atoms with Gasteiger partial charge in [0.15, 0.2) is 11.0 Å². The summed E-state index contributed by atoms with van der Waals surface area (Å²) in [7, 11) is 1.85. The van der Waals surface area contributed by atoms with Crippen LogP contribution < -0.4 is 10.2 Å². The molecule has 0 unspecified atom stereocenters. The van der Waals surface area contributed by atoms with Crippen LogP contribution in [0.1, 0.15) is 11.1 Å². The topological polar surface area (TPSA) is 125 Å². The molecule has 0 spiro atoms. The van der Waals surface area contributed by atoms with Gasteiger partial charge in [0.05, 0.1) is 16.9 Å². The Morgan fingerprint density at radius 1 is 1.14 bits per heavy atom. The van der Waals surface area contributed by atoms with Gasteiger partial charge in [0.1, 0.15) is 12.4 Å². The Hall–Kier alpha value is -4.03. The molecule has 0 bridgehead atoms. The first-order valence-corrected chi connectivity index (χ1v) is 12.7. The molecule has 1 aromatic heterocycles. The number of nitrogens with zero attached hydrogens (tertiary/aromatic N) is 5. The molecule has 4 aromatic rings. The predicted octanol–water partition coefficient (Wildman–Crippen LogP) is 4.97. The number of carbonyl (C=O) groups excluding carboxylic acids is 1. The fraction of sp³-hybridized carbons (Fsp3) is 0.120. The molecule has 0 aliphatic heterocycles. The lowest BCUT2D eigenvalue weighted by molar-refractivity contribution is -0.384. The lowest BCUT2D eigenvalue weighted by atomic mass is 10.2. The second-order valence-corrected chi connectivity index (χ2v) is 9.56. The average molecular weight is 581 g/mol. The number of rotatable bonds is 10. The quantitative estimate of drug-likeness (QED) is 0.121. The highest BCUT2D eigenvalue weighted by atomic mass is 79.9. The number of halogens is 1. The molecule has 1 N–H and O–H groups in total. The third-order valence-corrected chi connectivity index (χ3v) is 6.67. The summed E-state index contributed by atoms with van der Waals surface area (Å²) in [5, 5.41) is 23.9. The van der Waals surface area contributed by atoms with Crippen molar-refractivity contribution in [2.24, 2.45) is 12.1 Å². The number of hydrogen-bond donors (Lipinski definition) is 1. The van der Waals surface area contributed by atoms with E-state index in [0.717, 1.165) is 15.6 Å². The van der Waals surface area contributed by atoms with Crippen LogP contribution in [0.15, 0.2) is 87.5 Å². The lowest BCUT2D eigenvalue weighted by Gasteiger charge is -2.09. The number of nitro benzene ring substituents is 1. The van der Waals surface area contributed by atoms with Crippen LogP contribution in [0.2, 0.25) is 0 Å². The number of nitro groups is 1. The van der Waals surface area contributed by atoms with Gasteiger partial charge in [-0.2, -0.15) is 5.10 Å². The van der Waals surface area contributed by atoms with E-state index in [-0.39, 0.29) is 24.0 Å². The first-order valence-electron chi connectivity index (χ1n) is 11.0. The van der Waals surface area contributed by atoms with Crippen LogP contribution in [0.5, 0.6) is 5.75 Å². The maximum absolute atomic E-state index is 12.3. The van der Waals surface area contributed by atoms with Crippen molar-refractivity contribution in [3.63, 3.8) is 0 Å². The van der Waals surface area contributed by atoms with Crippen LogP contribution in [-0.4, -0.2) is 37.6 Å². The summed E-state index contributed by atoms with van der Waals surface area (Å²) < 4.78 is 8.66. The Bertz CT molecular complexity index is 1420. The molecule has 0 radical (unpaired) electrons. The minimum absolute atomic E-state index is 0.0226. The molecule has 0 fully saturated rings. The standard InChI is InChI=1S/C25H21BrN6O4S/c1-31-24(18-8-10-20(26)11-9-18)29-30-25(31)37-16-23(33)28-27-14-19-4-2-3-5-22(19)36-15-17-6-12-21(13-7-17)32(34)35/h2-14H,15-16H2,1H3,(H,28,33)/b27-14+. The van der Waals surface area contributed by atoms with Crippen LogP contribution in [0.3, 0.4) is 0 Å². The Balaban J connectivity index is 1.30. The molecule has 12 heteroatoms. The van der Waals surface area contributed by atoms with Crippen LogP contribution >= 0.6 is 27.7 Å². The molecule has 37 heavy (non-hydrogen) atoms. The van der Waals surface area contributed by atoms with Crippen molar-refractivity contribution in [2.45, 2.75) is 11.8 Å². The molecule has 0 saturated heterocycles. The summed E-state index contributed by atoms with van der Waals surface area (Å²) in [5.41, 5.74) is 4.92. The second kappa shape index (κ2) is 12.3. The normalized spacial score (nSPS) is 11.0. The largest absolute Gasteiger partial charge is 0.488 e. The zero-order chi connectivity index (χ0) is 26.2. The van der Waals surface area contributed by atoms with Gasteiger partial charge in [-0.15, -0.1) is 10.2 Å². The number of ether oxygens (including phenoxy) is 1. The highest BCUT2D eigenvalue weighted by Gasteiger charge is 2.13. The van der Waals surface area contributed by atoms with Crippen molar-refractivity contribution in [2.75, 3.05) is 5.75 Å². The number of carbonyl (C=O) groups is 1. The SMILES string of the molecule is Cn1c(SCC(=O)N/N=C/c2ccccc2OCc2ccc([N+](=O)[O-])cc2)nnc1-c1ccc(Br)cc1. The van der Waals surface area contributed by atoms with Crippen LogP contribution in [0, 0.1) is 10.1 Å². The van der Waals surface area contributed by atoms with Gasteiger partial charge in [-0.1, -0.05) is 52.0 Å². The summed E-state index contributed by atoms with van der Waals surface area (Å²) in [5.74, 6) is 1.09. The van der Waals surface area contributed by atoms with Crippen LogP contribution in [0.4, 0.5) is 5.69 Å². The predicted molar refractivity (Wildman–Crippen MR) is 144 cm³/mol. The highest BCUT2D eigenvalue weighted by molar-refractivity contribution is 9.10. The molecule has 3 aromatic carbocycles. The lowest BCUT2D eigenvalue weighted by Crippen LogP contribution is -2.20. The number of nitrogens with one attached hydrogen (secondary N) is 1. The monoisotopic (exact) mass is 580 g/mol. The summed E-state index contributed by atoms with van der Waals surface area (Å²) in [6.07, 6.45) is 1.50. The Morgan fingerprint density at radius 3 is 2.59 bits per heavy atom. The van der Waals surface area contributed by atoms with Crippen LogP contribution in [-0.2, 0) is 18.4 Å². The Labute approximate surface area is 225 Å². The van der Waals surface area contributed by atoms with E-state index in [0.29, 0.717) is 22.3 Å².